The Morgan fingerprint density at radius 3 is 2.36 bits per heavy atom. The molecular weight excluding hydrogens is 340 g/mol. The van der Waals surface area contributed by atoms with E-state index >= 15 is 0 Å². The number of aromatic nitrogens is 1. The van der Waals surface area contributed by atoms with Gasteiger partial charge in [0, 0.05) is 6.07 Å². The molecule has 0 aliphatic carbocycles. The predicted molar refractivity (Wildman–Crippen MR) is 99.8 cm³/mol. The second-order valence-electron chi connectivity index (χ2n) is 6.79. The third kappa shape index (κ3) is 5.36. The minimum absolute atomic E-state index is 0.0175. The van der Waals surface area contributed by atoms with Crippen LogP contribution in [-0.2, 0) is 4.74 Å². The second-order valence-corrected chi connectivity index (χ2v) is 7.20. The van der Waals surface area contributed by atoms with Gasteiger partial charge in [-0.2, -0.15) is 0 Å². The Labute approximate surface area is 153 Å². The summed E-state index contributed by atoms with van der Waals surface area (Å²) in [5.41, 5.74) is 0.432. The van der Waals surface area contributed by atoms with Gasteiger partial charge in [-0.15, -0.1) is 0 Å². The lowest BCUT2D eigenvalue weighted by molar-refractivity contribution is 0.0599. The molecule has 0 aliphatic heterocycles. The highest BCUT2D eigenvalue weighted by Crippen LogP contribution is 2.33. The molecule has 0 radical (unpaired) electrons. The molecule has 1 amide bonds. The molecule has 2 aromatic rings. The first-order valence-electron chi connectivity index (χ1n) is 8.08. The topological polar surface area (TPSA) is 51.7 Å². The number of amides is 1. The molecule has 1 heterocycles. The summed E-state index contributed by atoms with van der Waals surface area (Å²) in [5, 5.41) is 0.441. The van der Waals surface area contributed by atoms with E-state index in [2.05, 4.69) is 4.98 Å². The lowest BCUT2D eigenvalue weighted by atomic mass is 10.2. The zero-order valence-electron chi connectivity index (χ0n) is 15.1. The number of para-hydroxylation sites is 1. The molecule has 0 spiro atoms. The molecule has 1 aromatic heterocycles. The maximum absolute atomic E-state index is 12.8. The van der Waals surface area contributed by atoms with Crippen LogP contribution in [0.3, 0.4) is 0 Å². The van der Waals surface area contributed by atoms with Crippen molar-refractivity contribution in [3.8, 4) is 5.88 Å². The first-order valence-corrected chi connectivity index (χ1v) is 8.45. The number of anilines is 2. The summed E-state index contributed by atoms with van der Waals surface area (Å²) in [6.07, 6.45) is 1.05. The zero-order chi connectivity index (χ0) is 18.6. The number of ether oxygens (including phenoxy) is 2. The van der Waals surface area contributed by atoms with Crippen LogP contribution in [0.4, 0.5) is 16.2 Å². The fourth-order valence-electron chi connectivity index (χ4n) is 2.10. The van der Waals surface area contributed by atoms with Crippen molar-refractivity contribution in [3.05, 3.63) is 47.6 Å². The third-order valence-corrected chi connectivity index (χ3v) is 3.32. The highest BCUT2D eigenvalue weighted by Gasteiger charge is 2.26. The highest BCUT2D eigenvalue weighted by molar-refractivity contribution is 6.34. The van der Waals surface area contributed by atoms with E-state index in [1.165, 1.54) is 4.90 Å². The quantitative estimate of drug-likeness (QED) is 0.710. The van der Waals surface area contributed by atoms with Crippen molar-refractivity contribution in [1.29, 1.82) is 0 Å². The van der Waals surface area contributed by atoms with Crippen LogP contribution in [0, 0.1) is 0 Å². The fraction of sp³-hybridized carbons (Fsp3) is 0.368. The van der Waals surface area contributed by atoms with E-state index in [1.54, 1.807) is 36.5 Å². The summed E-state index contributed by atoms with van der Waals surface area (Å²) in [4.78, 5) is 18.4. The van der Waals surface area contributed by atoms with E-state index in [0.717, 1.165) is 0 Å². The van der Waals surface area contributed by atoms with E-state index in [1.807, 2.05) is 40.7 Å². The Morgan fingerprint density at radius 1 is 1.16 bits per heavy atom. The monoisotopic (exact) mass is 362 g/mol. The Hall–Kier alpha value is -2.27. The van der Waals surface area contributed by atoms with Gasteiger partial charge < -0.3 is 9.47 Å². The summed E-state index contributed by atoms with van der Waals surface area (Å²) in [6, 6.07) is 10.5. The number of carbonyl (C=O) groups excluding carboxylic acids is 1. The molecule has 25 heavy (non-hydrogen) atoms. The molecule has 0 saturated carbocycles. The summed E-state index contributed by atoms with van der Waals surface area (Å²) in [6.45, 7) is 9.28. The number of benzene rings is 1. The van der Waals surface area contributed by atoms with Crippen LogP contribution in [-0.4, -0.2) is 22.8 Å². The molecule has 2 rings (SSSR count). The van der Waals surface area contributed by atoms with Crippen LogP contribution in [0.5, 0.6) is 5.88 Å². The van der Waals surface area contributed by atoms with E-state index in [4.69, 9.17) is 21.1 Å². The predicted octanol–water partition coefficient (Wildman–Crippen LogP) is 5.60. The normalized spacial score (nSPS) is 11.3. The van der Waals surface area contributed by atoms with E-state index in [-0.39, 0.29) is 6.10 Å². The van der Waals surface area contributed by atoms with Crippen molar-refractivity contribution < 1.29 is 14.3 Å². The number of nitrogens with zero attached hydrogens (tertiary/aromatic N) is 2. The van der Waals surface area contributed by atoms with Gasteiger partial charge in [0.2, 0.25) is 5.88 Å². The lowest BCUT2D eigenvalue weighted by Gasteiger charge is -2.28. The molecule has 6 heteroatoms. The zero-order valence-corrected chi connectivity index (χ0v) is 15.9. The van der Waals surface area contributed by atoms with Gasteiger partial charge in [-0.25, -0.2) is 14.7 Å². The molecule has 0 bridgehead atoms. The fourth-order valence-corrected chi connectivity index (χ4v) is 2.32. The maximum Gasteiger partial charge on any atom is 0.419 e. The minimum Gasteiger partial charge on any atom is -0.475 e. The number of hydrogen-bond donors (Lipinski definition) is 0. The smallest absolute Gasteiger partial charge is 0.419 e. The van der Waals surface area contributed by atoms with Crippen LogP contribution in [0.15, 0.2) is 42.6 Å². The van der Waals surface area contributed by atoms with Crippen molar-refractivity contribution >= 4 is 29.1 Å². The second kappa shape index (κ2) is 7.74. The molecule has 0 N–H and O–H groups in total. The van der Waals surface area contributed by atoms with E-state index in [9.17, 15) is 4.79 Å². The van der Waals surface area contributed by atoms with Gasteiger partial charge in [-0.05, 0) is 52.8 Å². The van der Waals surface area contributed by atoms with Crippen molar-refractivity contribution in [2.75, 3.05) is 4.90 Å². The summed E-state index contributed by atoms with van der Waals surface area (Å²) in [7, 11) is 0. The SMILES string of the molecule is CC(C)Oc1ccc(N(C(=O)OC(C)(C)C)c2ccccc2Cl)cn1. The largest absolute Gasteiger partial charge is 0.475 e. The van der Waals surface area contributed by atoms with Gasteiger partial charge in [0.15, 0.2) is 0 Å². The van der Waals surface area contributed by atoms with Crippen molar-refractivity contribution in [3.63, 3.8) is 0 Å². The lowest BCUT2D eigenvalue weighted by Crippen LogP contribution is -2.34. The third-order valence-electron chi connectivity index (χ3n) is 3.00. The average Bonchev–Trinajstić information content (AvgIpc) is 2.49. The van der Waals surface area contributed by atoms with Gasteiger partial charge in [0.05, 0.1) is 28.7 Å². The van der Waals surface area contributed by atoms with Gasteiger partial charge in [0.25, 0.3) is 0 Å². The molecule has 0 fully saturated rings. The number of rotatable bonds is 4. The molecule has 0 unspecified atom stereocenters. The minimum atomic E-state index is -0.634. The average molecular weight is 363 g/mol. The van der Waals surface area contributed by atoms with Crippen LogP contribution < -0.4 is 9.64 Å². The summed E-state index contributed by atoms with van der Waals surface area (Å²) < 4.78 is 11.1. The number of pyridine rings is 1. The molecule has 0 saturated heterocycles. The Morgan fingerprint density at radius 2 is 1.84 bits per heavy atom. The first kappa shape index (κ1) is 19.1. The molecule has 1 aromatic carbocycles. The number of halogens is 1. The van der Waals surface area contributed by atoms with E-state index < -0.39 is 11.7 Å². The molecule has 5 nitrogen and oxygen atoms in total. The molecule has 0 aliphatic rings. The standard InChI is InChI=1S/C19H23ClN2O3/c1-13(2)24-17-11-10-14(12-21-17)22(18(23)25-19(3,4)5)16-9-7-6-8-15(16)20/h6-13H,1-5H3. The first-order chi connectivity index (χ1) is 11.7. The van der Waals surface area contributed by atoms with Crippen molar-refractivity contribution in [2.24, 2.45) is 0 Å². The Balaban J connectivity index is 2.41. The van der Waals surface area contributed by atoms with Gasteiger partial charge in [-0.1, -0.05) is 23.7 Å². The highest BCUT2D eigenvalue weighted by atomic mass is 35.5. The van der Waals surface area contributed by atoms with Crippen molar-refractivity contribution in [2.45, 2.75) is 46.3 Å². The summed E-state index contributed by atoms with van der Waals surface area (Å²) >= 11 is 6.29. The van der Waals surface area contributed by atoms with Crippen LogP contribution in [0.25, 0.3) is 0 Å². The van der Waals surface area contributed by atoms with Crippen LogP contribution >= 0.6 is 11.6 Å². The van der Waals surface area contributed by atoms with E-state index in [0.29, 0.717) is 22.3 Å². The number of hydrogen-bond acceptors (Lipinski definition) is 4. The summed E-state index contributed by atoms with van der Waals surface area (Å²) in [5.74, 6) is 0.488. The van der Waals surface area contributed by atoms with Crippen molar-refractivity contribution in [1.82, 2.24) is 4.98 Å². The Kier molecular flexibility index (Phi) is 5.90. The van der Waals surface area contributed by atoms with Crippen LogP contribution in [0.2, 0.25) is 5.02 Å². The molecule has 134 valence electrons. The number of carbonyl (C=O) groups is 1. The molecular formula is C19H23ClN2O3. The van der Waals surface area contributed by atoms with Gasteiger partial charge in [0.1, 0.15) is 5.60 Å². The Bertz CT molecular complexity index is 724. The van der Waals surface area contributed by atoms with Gasteiger partial charge >= 0.3 is 6.09 Å². The maximum atomic E-state index is 12.8. The molecule has 0 atom stereocenters. The van der Waals surface area contributed by atoms with Crippen LogP contribution in [0.1, 0.15) is 34.6 Å². The van der Waals surface area contributed by atoms with Gasteiger partial charge in [-0.3, -0.25) is 0 Å².